The van der Waals surface area contributed by atoms with E-state index in [1.807, 2.05) is 121 Å². The summed E-state index contributed by atoms with van der Waals surface area (Å²) in [5.41, 5.74) is 9.84. The molecule has 2 saturated heterocycles. The van der Waals surface area contributed by atoms with Crippen molar-refractivity contribution in [2.45, 2.75) is 35.0 Å². The highest BCUT2D eigenvalue weighted by atomic mass is 32.2. The average Bonchev–Trinajstić information content (AvgIpc) is 3.90. The molecule has 0 saturated carbocycles. The highest BCUT2D eigenvalue weighted by Gasteiger charge is 2.55. The second kappa shape index (κ2) is 25.4. The van der Waals surface area contributed by atoms with Crippen molar-refractivity contribution >= 4 is 113 Å². The van der Waals surface area contributed by atoms with Crippen molar-refractivity contribution in [1.82, 2.24) is 20.1 Å². The van der Waals surface area contributed by atoms with Gasteiger partial charge >= 0.3 is 11.9 Å². The summed E-state index contributed by atoms with van der Waals surface area (Å²) in [6.45, 7) is 0. The van der Waals surface area contributed by atoms with Gasteiger partial charge in [-0.25, -0.2) is 14.6 Å². The van der Waals surface area contributed by atoms with E-state index in [2.05, 4.69) is 20.6 Å². The third kappa shape index (κ3) is 12.2. The number of fused-ring (bicyclic) bond motifs is 2. The molecule has 23 heteroatoms. The third-order valence-corrected chi connectivity index (χ3v) is 17.3. The Morgan fingerprint density at radius 2 is 1.15 bits per heavy atom. The van der Waals surface area contributed by atoms with Crippen LogP contribution in [0.25, 0.3) is 0 Å². The Balaban J connectivity index is 0.000000211. The van der Waals surface area contributed by atoms with Crippen molar-refractivity contribution in [3.05, 3.63) is 176 Å². The number of nitrogens with two attached hydrogens (primary N) is 1. The number of thiazole rings is 1. The molecule has 5 heterocycles. The second-order valence-corrected chi connectivity index (χ2v) is 21.4. The van der Waals surface area contributed by atoms with Crippen molar-refractivity contribution in [2.75, 3.05) is 50.0 Å². The molecule has 74 heavy (non-hydrogen) atoms. The molecule has 4 aromatic carbocycles. The van der Waals surface area contributed by atoms with E-state index in [0.29, 0.717) is 22.3 Å². The number of thioether (sulfide) groups is 4. The van der Waals surface area contributed by atoms with Crippen LogP contribution in [0.4, 0.5) is 9.93 Å². The van der Waals surface area contributed by atoms with Gasteiger partial charge in [0, 0.05) is 48.0 Å². The summed E-state index contributed by atoms with van der Waals surface area (Å²) in [6.07, 6.45) is -1.29. The summed E-state index contributed by atoms with van der Waals surface area (Å²) in [5.74, 6) is -1.67. The Morgan fingerprint density at radius 1 is 0.716 bits per heavy atom. The maximum atomic E-state index is 13.9. The number of rotatable bonds is 18. The zero-order chi connectivity index (χ0) is 52.3. The van der Waals surface area contributed by atoms with Gasteiger partial charge in [-0.3, -0.25) is 34.0 Å². The van der Waals surface area contributed by atoms with E-state index in [1.54, 1.807) is 31.4 Å². The molecular formula is C51H48BN7O10S5. The predicted octanol–water partition coefficient (Wildman–Crippen LogP) is 6.65. The van der Waals surface area contributed by atoms with Gasteiger partial charge in [-0.2, -0.15) is 0 Å². The van der Waals surface area contributed by atoms with Gasteiger partial charge in [0.2, 0.25) is 13.8 Å². The van der Waals surface area contributed by atoms with Crippen LogP contribution in [-0.2, 0) is 42.9 Å². The first-order chi connectivity index (χ1) is 35.9. The van der Waals surface area contributed by atoms with Crippen LogP contribution in [0.3, 0.4) is 0 Å². The Kier molecular flexibility index (Phi) is 18.5. The summed E-state index contributed by atoms with van der Waals surface area (Å²) in [4.78, 5) is 90.2. The Labute approximate surface area is 449 Å². The topological polar surface area (TPSA) is 221 Å². The molecule has 4 N–H and O–H groups in total. The lowest BCUT2D eigenvalue weighted by Crippen LogP contribution is -2.71. The molecule has 380 valence electrons. The van der Waals surface area contributed by atoms with Gasteiger partial charge in [0.15, 0.2) is 23.1 Å². The number of methoxy groups -OCH3 is 2. The fourth-order valence-electron chi connectivity index (χ4n) is 8.12. The summed E-state index contributed by atoms with van der Waals surface area (Å²) in [5, 5.41) is 6.06. The number of anilines is 1. The van der Waals surface area contributed by atoms with E-state index >= 15 is 0 Å². The zero-order valence-electron chi connectivity index (χ0n) is 40.0. The van der Waals surface area contributed by atoms with Gasteiger partial charge < -0.3 is 35.3 Å². The summed E-state index contributed by atoms with van der Waals surface area (Å²) >= 11 is 6.75. The van der Waals surface area contributed by atoms with Gasteiger partial charge in [0.1, 0.15) is 45.6 Å². The molecule has 5 aromatic rings. The minimum atomic E-state index is -0.915. The van der Waals surface area contributed by atoms with Crippen LogP contribution >= 0.6 is 58.4 Å². The van der Waals surface area contributed by atoms with Crippen LogP contribution in [-0.4, -0.2) is 131 Å². The van der Waals surface area contributed by atoms with Gasteiger partial charge in [-0.15, -0.1) is 34.9 Å². The minimum absolute atomic E-state index is 0.0223. The summed E-state index contributed by atoms with van der Waals surface area (Å²) in [6, 6.07) is 36.4. The minimum Gasteiger partial charge on any atom is -0.448 e. The van der Waals surface area contributed by atoms with E-state index in [9.17, 15) is 28.8 Å². The molecule has 0 unspecified atom stereocenters. The Morgan fingerprint density at radius 3 is 1.57 bits per heavy atom. The zero-order valence-corrected chi connectivity index (χ0v) is 44.1. The van der Waals surface area contributed by atoms with Crippen molar-refractivity contribution in [3.63, 3.8) is 0 Å². The smallest absolute Gasteiger partial charge is 0.356 e. The van der Waals surface area contributed by atoms with Gasteiger partial charge in [-0.1, -0.05) is 145 Å². The number of aliphatic imine (C=N–C) groups is 1. The average molecular weight is 1090 g/mol. The molecule has 17 nitrogen and oxygen atoms in total. The molecule has 2 fully saturated rings. The van der Waals surface area contributed by atoms with Crippen LogP contribution in [0.5, 0.6) is 0 Å². The molecule has 0 spiro atoms. The van der Waals surface area contributed by atoms with Crippen LogP contribution in [0.15, 0.2) is 153 Å². The van der Waals surface area contributed by atoms with E-state index < -0.39 is 59.2 Å². The van der Waals surface area contributed by atoms with Gasteiger partial charge in [-0.05, 0) is 22.3 Å². The van der Waals surface area contributed by atoms with Crippen LogP contribution < -0.4 is 16.4 Å². The van der Waals surface area contributed by atoms with E-state index in [4.69, 9.17) is 32.5 Å². The van der Waals surface area contributed by atoms with Crippen molar-refractivity contribution < 1.29 is 47.7 Å². The largest absolute Gasteiger partial charge is 0.448 e. The SMILES string of the molecule is COCSC1=C(C(=O)OC(c2ccccc2)c2ccccc2)N2C(=O)[C@@H](N)[C@H]2SC1.[B]C(=O)Nc1nc(C(=NC)C(=O)N[C@@H]2C(=O)N3C(C(=O)OC(c4ccccc4)c4ccccc4)=C(SCOC)CS[C@H]23)cs1. The fraction of sp³-hybridized carbons (Fsp3) is 0.255. The number of carbonyl (C=O) groups excluding carboxylic acids is 6. The number of nitrogens with zero attached hydrogens (tertiary/aromatic N) is 4. The number of nitrogens with one attached hydrogen (secondary N) is 2. The van der Waals surface area contributed by atoms with Crippen LogP contribution in [0, 0.1) is 0 Å². The number of hydrogen-bond donors (Lipinski definition) is 3. The molecule has 2 radical (unpaired) electrons. The molecule has 1 aromatic heterocycles. The molecule has 4 atom stereocenters. The van der Waals surface area contributed by atoms with Crippen LogP contribution in [0.1, 0.15) is 40.2 Å². The first-order valence-corrected chi connectivity index (χ1v) is 27.6. The molecule has 4 aliphatic heterocycles. The molecule has 0 bridgehead atoms. The fourth-order valence-corrected chi connectivity index (χ4v) is 13.4. The third-order valence-electron chi connectivity index (χ3n) is 11.6. The Bertz CT molecular complexity index is 2880. The lowest BCUT2D eigenvalue weighted by atomic mass is 10.0. The van der Waals surface area contributed by atoms with Crippen molar-refractivity contribution in [3.8, 4) is 0 Å². The number of carbonyl (C=O) groups is 6. The maximum absolute atomic E-state index is 13.9. The van der Waals surface area contributed by atoms with E-state index in [0.717, 1.165) is 38.5 Å². The number of β-lactam (4-membered cyclic amide) rings is 2. The molecule has 9 rings (SSSR count). The first-order valence-electron chi connectivity index (χ1n) is 22.7. The lowest BCUT2D eigenvalue weighted by molar-refractivity contribution is -0.154. The number of aromatic nitrogens is 1. The maximum Gasteiger partial charge on any atom is 0.356 e. The summed E-state index contributed by atoms with van der Waals surface area (Å²) in [7, 11) is 9.71. The van der Waals surface area contributed by atoms with Crippen molar-refractivity contribution in [2.24, 2.45) is 10.7 Å². The number of esters is 2. The van der Waals surface area contributed by atoms with Crippen molar-refractivity contribution in [1.29, 1.82) is 0 Å². The first kappa shape index (κ1) is 54.1. The molecule has 0 aliphatic carbocycles. The quantitative estimate of drug-likeness (QED) is 0.0275. The monoisotopic (exact) mass is 1090 g/mol. The standard InChI is InChI=1S/C29H26BN5O6S3.C22H22N2O4S2/c1-31-20(18-13-43-29(32-18)34-28(30)39)24(36)33-21-25(37)35-22(19(44-15-40-2)14-42-26(21)35)27(38)41-23(16-9-5-3-6-10-16)17-11-7-4-8-12-17;1-27-13-30-16-12-29-21-17(23)20(25)24(21)18(16)22(26)28-19(14-8-4-2-5-9-14)15-10-6-3-7-11-15/h3-13,21,23,26H,14-15H2,1-2H3,(H,33,36)(H,32,34,39);2-11,17,19,21H,12-13,23H2,1H3/t21-,26-;17-,21-/m11/s1. The normalized spacial score (nSPS) is 19.1. The number of ether oxygens (including phenoxy) is 4. The predicted molar refractivity (Wildman–Crippen MR) is 290 cm³/mol. The molecular weight excluding hydrogens is 1040 g/mol. The number of amides is 4. The highest BCUT2D eigenvalue weighted by molar-refractivity contribution is 8.06. The number of benzene rings is 4. The highest BCUT2D eigenvalue weighted by Crippen LogP contribution is 2.46. The number of hydrogen-bond acceptors (Lipinski definition) is 18. The molecule has 4 amide bonds. The molecule has 4 aliphatic rings. The van der Waals surface area contributed by atoms with Gasteiger partial charge in [0.05, 0.1) is 11.9 Å². The second-order valence-electron chi connectivity index (χ2n) is 16.3. The van der Waals surface area contributed by atoms with Gasteiger partial charge in [0.25, 0.3) is 11.8 Å². The Hall–Kier alpha value is -6.18. The van der Waals surface area contributed by atoms with Crippen LogP contribution in [0.2, 0.25) is 0 Å². The summed E-state index contributed by atoms with van der Waals surface area (Å²) < 4.78 is 22.5. The van der Waals surface area contributed by atoms with E-state index in [1.165, 1.54) is 52.1 Å². The lowest BCUT2D eigenvalue weighted by Gasteiger charge is -2.49. The van der Waals surface area contributed by atoms with E-state index in [-0.39, 0.29) is 45.2 Å².